The van der Waals surface area contributed by atoms with Crippen molar-refractivity contribution < 1.29 is 0 Å². The van der Waals surface area contributed by atoms with Gasteiger partial charge in [0.05, 0.1) is 0 Å². The summed E-state index contributed by atoms with van der Waals surface area (Å²) in [5.41, 5.74) is 19.5. The average molecular weight is 1090 g/mol. The Bertz CT molecular complexity index is 3490. The number of benzene rings is 8. The van der Waals surface area contributed by atoms with Gasteiger partial charge in [-0.05, 0) is 116 Å². The minimum Gasteiger partial charge on any atom is -0.275 e. The summed E-state index contributed by atoms with van der Waals surface area (Å²) >= 11 is 0. The lowest BCUT2D eigenvalue weighted by Crippen LogP contribution is -2.25. The van der Waals surface area contributed by atoms with E-state index in [1.165, 1.54) is 133 Å². The van der Waals surface area contributed by atoms with Crippen LogP contribution in [0.4, 0.5) is 0 Å². The minimum absolute atomic E-state index is 0.0602. The van der Waals surface area contributed by atoms with E-state index >= 15 is 0 Å². The van der Waals surface area contributed by atoms with Crippen LogP contribution in [-0.2, 0) is 16.2 Å². The van der Waals surface area contributed by atoms with Gasteiger partial charge in [-0.1, -0.05) is 290 Å². The monoisotopic (exact) mass is 1090 g/mol. The van der Waals surface area contributed by atoms with E-state index in [0.29, 0.717) is 0 Å². The molecule has 83 heavy (non-hydrogen) atoms. The third kappa shape index (κ3) is 12.1. The lowest BCUT2D eigenvalue weighted by molar-refractivity contribution is 0.398. The average Bonchev–Trinajstić information content (AvgIpc) is 1.89. The Morgan fingerprint density at radius 3 is 0.928 bits per heavy atom. The third-order valence-electron chi connectivity index (χ3n) is 17.6. The molecule has 6 nitrogen and oxygen atoms in total. The Balaban J connectivity index is 0.948. The molecule has 0 aliphatic heterocycles. The highest BCUT2D eigenvalue weighted by molar-refractivity contribution is 5.87. The van der Waals surface area contributed by atoms with Crippen LogP contribution in [0.15, 0.2) is 194 Å². The van der Waals surface area contributed by atoms with E-state index in [9.17, 15) is 0 Å². The van der Waals surface area contributed by atoms with Gasteiger partial charge in [-0.15, -0.1) is 20.4 Å². The fourth-order valence-corrected chi connectivity index (χ4v) is 12.8. The number of hydrogen-bond donors (Lipinski definition) is 0. The van der Waals surface area contributed by atoms with E-state index in [2.05, 4.69) is 259 Å². The predicted molar refractivity (Wildman–Crippen MR) is 348 cm³/mol. The normalized spacial score (nSPS) is 12.9. The first-order valence-electron chi connectivity index (χ1n) is 31.1. The summed E-state index contributed by atoms with van der Waals surface area (Å²) < 4.78 is 4.41. The molecular formula is C77H84N6. The van der Waals surface area contributed by atoms with Crippen LogP contribution in [0.5, 0.6) is 0 Å². The van der Waals surface area contributed by atoms with Crippen LogP contribution in [-0.4, -0.2) is 29.5 Å². The van der Waals surface area contributed by atoms with Crippen LogP contribution in [0.3, 0.4) is 0 Å². The van der Waals surface area contributed by atoms with Gasteiger partial charge in [0.2, 0.25) is 0 Å². The van der Waals surface area contributed by atoms with E-state index in [-0.39, 0.29) is 16.2 Å². The Hall–Kier alpha value is -7.96. The van der Waals surface area contributed by atoms with Crippen LogP contribution in [0.1, 0.15) is 168 Å². The number of fused-ring (bicyclic) bond motifs is 3. The maximum atomic E-state index is 4.89. The minimum atomic E-state index is -0.104. The molecule has 0 fully saturated rings. The van der Waals surface area contributed by atoms with Crippen molar-refractivity contribution >= 4 is 0 Å². The van der Waals surface area contributed by atoms with Crippen molar-refractivity contribution in [2.24, 2.45) is 0 Å². The Labute approximate surface area is 495 Å². The lowest BCUT2D eigenvalue weighted by atomic mass is 9.70. The molecular weight excluding hydrogens is 1010 g/mol. The zero-order valence-corrected chi connectivity index (χ0v) is 50.6. The molecule has 0 spiro atoms. The first kappa shape index (κ1) is 56.9. The molecule has 1 aliphatic rings. The largest absolute Gasteiger partial charge is 0.275 e. The van der Waals surface area contributed by atoms with Crippen LogP contribution in [0.25, 0.3) is 90.3 Å². The highest BCUT2D eigenvalue weighted by atomic mass is 15.3. The van der Waals surface area contributed by atoms with Gasteiger partial charge in [0.1, 0.15) is 0 Å². The maximum Gasteiger partial charge on any atom is 0.168 e. The Morgan fingerprint density at radius 2 is 0.602 bits per heavy atom. The Morgan fingerprint density at radius 1 is 0.313 bits per heavy atom. The van der Waals surface area contributed by atoms with E-state index < -0.39 is 0 Å². The van der Waals surface area contributed by atoms with Gasteiger partial charge in [-0.2, -0.15) is 0 Å². The molecule has 0 bridgehead atoms. The molecule has 10 aromatic rings. The van der Waals surface area contributed by atoms with Gasteiger partial charge in [-0.3, -0.25) is 9.13 Å². The van der Waals surface area contributed by atoms with Gasteiger partial charge in [0, 0.05) is 39.0 Å². The number of aromatic nitrogens is 6. The van der Waals surface area contributed by atoms with Crippen LogP contribution in [0.2, 0.25) is 0 Å². The van der Waals surface area contributed by atoms with E-state index in [0.717, 1.165) is 69.8 Å². The smallest absolute Gasteiger partial charge is 0.168 e. The summed E-state index contributed by atoms with van der Waals surface area (Å²) in [6, 6.07) is 71.6. The molecule has 0 N–H and O–H groups in total. The molecule has 0 saturated heterocycles. The van der Waals surface area contributed by atoms with Crippen molar-refractivity contribution in [2.75, 3.05) is 0 Å². The summed E-state index contributed by atoms with van der Waals surface area (Å²) in [7, 11) is 0. The fraction of sp³-hybridized carbons (Fsp3) is 0.325. The van der Waals surface area contributed by atoms with Gasteiger partial charge < -0.3 is 0 Å². The summed E-state index contributed by atoms with van der Waals surface area (Å²) in [5.74, 6) is 3.31. The molecule has 1 aliphatic carbocycles. The molecule has 0 atom stereocenters. The van der Waals surface area contributed by atoms with E-state index in [1.807, 2.05) is 0 Å². The second-order valence-electron chi connectivity index (χ2n) is 25.5. The molecule has 0 amide bonds. The second kappa shape index (κ2) is 24.9. The summed E-state index contributed by atoms with van der Waals surface area (Å²) in [4.78, 5) is 0. The van der Waals surface area contributed by atoms with E-state index in [4.69, 9.17) is 20.4 Å². The number of hydrogen-bond acceptors (Lipinski definition) is 4. The molecule has 8 aromatic carbocycles. The predicted octanol–water partition coefficient (Wildman–Crippen LogP) is 21.2. The number of nitrogens with zero attached hydrogens (tertiary/aromatic N) is 6. The number of rotatable bonds is 22. The number of para-hydroxylation sites is 2. The van der Waals surface area contributed by atoms with E-state index in [1.54, 1.807) is 0 Å². The molecule has 422 valence electrons. The SMILES string of the molecule is CCCCCCCCC1(CCCCCCCC)c2cc(-c3ccc(-c4nnc(-c5ccc(C(C)(C)C)cc5)n4-c4ccccc4)cc3)ccc2-c2ccc(-c3ccc(-c4nnc(-c5ccc(C(C)(C)C)cc5)n4-c4ccccc4)cc3)cc21. The third-order valence-corrected chi connectivity index (χ3v) is 17.6. The lowest BCUT2D eigenvalue weighted by Gasteiger charge is -2.33. The fourth-order valence-electron chi connectivity index (χ4n) is 12.8. The standard InChI is InChI=1S/C77H84N6/c1-9-11-13-15-17-25-51-77(52-26-18-16-14-12-10-2)69-53-61(55-31-35-57(36-32-55)71-78-80-73(82(71)65-27-21-19-22-28-65)59-39-45-63(46-40-59)75(3,4)5)43-49-67(69)68-50-44-62(54-70(68)77)56-33-37-58(38-34-56)72-79-81-74(83(72)66-29-23-20-24-30-66)60-41-47-64(48-42-60)76(6,7)8/h19-24,27-50,53-54H,9-18,25-26,51-52H2,1-8H3. The van der Waals surface area contributed by atoms with Crippen molar-refractivity contribution in [1.82, 2.24) is 29.5 Å². The molecule has 0 radical (unpaired) electrons. The second-order valence-corrected chi connectivity index (χ2v) is 25.5. The zero-order chi connectivity index (χ0) is 57.6. The maximum absolute atomic E-state index is 4.89. The van der Waals surface area contributed by atoms with Crippen molar-refractivity contribution in [3.8, 4) is 90.3 Å². The quantitative estimate of drug-likeness (QED) is 0.0635. The molecule has 2 heterocycles. The van der Waals surface area contributed by atoms with Gasteiger partial charge in [0.15, 0.2) is 23.3 Å². The van der Waals surface area contributed by atoms with Crippen LogP contribution >= 0.6 is 0 Å². The highest BCUT2D eigenvalue weighted by Gasteiger charge is 2.43. The summed E-state index contributed by atoms with van der Waals surface area (Å²) in [6.07, 6.45) is 17.6. The first-order valence-corrected chi connectivity index (χ1v) is 31.1. The molecule has 2 aromatic heterocycles. The molecule has 0 unspecified atom stereocenters. The number of unbranched alkanes of at least 4 members (excludes halogenated alkanes) is 10. The zero-order valence-electron chi connectivity index (χ0n) is 50.6. The molecule has 6 heteroatoms. The topological polar surface area (TPSA) is 61.4 Å². The molecule has 11 rings (SSSR count). The van der Waals surface area contributed by atoms with Crippen molar-refractivity contribution in [3.05, 3.63) is 216 Å². The van der Waals surface area contributed by atoms with Crippen molar-refractivity contribution in [3.63, 3.8) is 0 Å². The van der Waals surface area contributed by atoms with Gasteiger partial charge in [0.25, 0.3) is 0 Å². The Kier molecular flexibility index (Phi) is 17.0. The summed E-state index contributed by atoms with van der Waals surface area (Å²) in [5, 5.41) is 19.5. The van der Waals surface area contributed by atoms with Crippen LogP contribution in [0, 0.1) is 0 Å². The van der Waals surface area contributed by atoms with Crippen molar-refractivity contribution in [1.29, 1.82) is 0 Å². The summed E-state index contributed by atoms with van der Waals surface area (Å²) in [6.45, 7) is 18.2. The van der Waals surface area contributed by atoms with Gasteiger partial charge in [-0.25, -0.2) is 0 Å². The van der Waals surface area contributed by atoms with Gasteiger partial charge >= 0.3 is 0 Å². The first-order chi connectivity index (χ1) is 40.3. The van der Waals surface area contributed by atoms with Crippen molar-refractivity contribution in [2.45, 2.75) is 162 Å². The molecule has 0 saturated carbocycles. The highest BCUT2D eigenvalue weighted by Crippen LogP contribution is 2.56. The van der Waals surface area contributed by atoms with Crippen LogP contribution < -0.4 is 0 Å².